The molecule has 4 heteroatoms. The third-order valence-corrected chi connectivity index (χ3v) is 3.97. The highest BCUT2D eigenvalue weighted by Gasteiger charge is 2.44. The number of halogens is 3. The van der Waals surface area contributed by atoms with Crippen molar-refractivity contribution in [2.75, 3.05) is 11.9 Å². The van der Waals surface area contributed by atoms with Crippen molar-refractivity contribution in [2.45, 2.75) is 32.9 Å². The maximum Gasteiger partial charge on any atom is 0.416 e. The Hall–Kier alpha value is -1.19. The molecular weight excluding hydrogens is 239 g/mol. The molecule has 100 valence electrons. The smallest absolute Gasteiger partial charge is 0.384 e. The predicted molar refractivity (Wildman–Crippen MR) is 66.4 cm³/mol. The lowest BCUT2D eigenvalue weighted by Gasteiger charge is -2.20. The normalized spacial score (nSPS) is 17.9. The fourth-order valence-corrected chi connectivity index (χ4v) is 2.17. The van der Waals surface area contributed by atoms with Crippen LogP contribution in [0.15, 0.2) is 24.3 Å². The zero-order valence-electron chi connectivity index (χ0n) is 10.6. The number of anilines is 1. The number of hydrogen-bond acceptors (Lipinski definition) is 1. The van der Waals surface area contributed by atoms with Gasteiger partial charge in [-0.05, 0) is 48.4 Å². The van der Waals surface area contributed by atoms with Crippen molar-refractivity contribution in [1.29, 1.82) is 0 Å². The van der Waals surface area contributed by atoms with Crippen molar-refractivity contribution in [1.82, 2.24) is 0 Å². The molecule has 1 fully saturated rings. The van der Waals surface area contributed by atoms with Gasteiger partial charge in [-0.3, -0.25) is 0 Å². The van der Waals surface area contributed by atoms with E-state index in [1.807, 2.05) is 0 Å². The Labute approximate surface area is 105 Å². The number of nitrogens with one attached hydrogen (secondary N) is 1. The standard InChI is InChI=1S/C14H18F3N/c1-10(2)13(7-8-13)9-18-12-5-3-11(4-6-12)14(15,16)17/h3-6,10,18H,7-9H2,1-2H3. The molecule has 18 heavy (non-hydrogen) atoms. The summed E-state index contributed by atoms with van der Waals surface area (Å²) in [6, 6.07) is 5.24. The minimum Gasteiger partial charge on any atom is -0.384 e. The minimum absolute atomic E-state index is 0.350. The minimum atomic E-state index is -4.26. The molecule has 0 aromatic heterocycles. The number of benzene rings is 1. The number of alkyl halides is 3. The van der Waals surface area contributed by atoms with E-state index in [0.717, 1.165) is 24.4 Å². The van der Waals surface area contributed by atoms with Gasteiger partial charge in [0.2, 0.25) is 0 Å². The zero-order valence-corrected chi connectivity index (χ0v) is 10.6. The molecule has 1 nitrogen and oxygen atoms in total. The van der Waals surface area contributed by atoms with Crippen LogP contribution in [0.25, 0.3) is 0 Å². The molecule has 1 saturated carbocycles. The lowest BCUT2D eigenvalue weighted by molar-refractivity contribution is -0.137. The highest BCUT2D eigenvalue weighted by atomic mass is 19.4. The Morgan fingerprint density at radius 1 is 1.17 bits per heavy atom. The fraction of sp³-hybridized carbons (Fsp3) is 0.571. The number of hydrogen-bond donors (Lipinski definition) is 1. The summed E-state index contributed by atoms with van der Waals surface area (Å²) in [4.78, 5) is 0. The van der Waals surface area contributed by atoms with Crippen molar-refractivity contribution >= 4 is 5.69 Å². The predicted octanol–water partition coefficient (Wildman–Crippen LogP) is 4.55. The van der Waals surface area contributed by atoms with Gasteiger partial charge in [0.15, 0.2) is 0 Å². The van der Waals surface area contributed by atoms with Crippen LogP contribution in [-0.4, -0.2) is 6.54 Å². The molecule has 1 aromatic rings. The van der Waals surface area contributed by atoms with Crippen LogP contribution in [-0.2, 0) is 6.18 Å². The topological polar surface area (TPSA) is 12.0 Å². The molecule has 0 amide bonds. The Kier molecular flexibility index (Phi) is 3.30. The molecule has 0 heterocycles. The van der Waals surface area contributed by atoms with Gasteiger partial charge in [-0.2, -0.15) is 13.2 Å². The fourth-order valence-electron chi connectivity index (χ4n) is 2.17. The van der Waals surface area contributed by atoms with Crippen LogP contribution in [0.4, 0.5) is 18.9 Å². The molecule has 0 atom stereocenters. The Morgan fingerprint density at radius 3 is 2.11 bits per heavy atom. The summed E-state index contributed by atoms with van der Waals surface area (Å²) in [5, 5.41) is 3.24. The third-order valence-electron chi connectivity index (χ3n) is 3.97. The van der Waals surface area contributed by atoms with Crippen LogP contribution in [0.3, 0.4) is 0 Å². The quantitative estimate of drug-likeness (QED) is 0.834. The summed E-state index contributed by atoms with van der Waals surface area (Å²) >= 11 is 0. The van der Waals surface area contributed by atoms with Gasteiger partial charge in [0, 0.05) is 12.2 Å². The van der Waals surface area contributed by atoms with Crippen molar-refractivity contribution in [3.05, 3.63) is 29.8 Å². The molecule has 1 aromatic carbocycles. The first-order valence-electron chi connectivity index (χ1n) is 6.25. The SMILES string of the molecule is CC(C)C1(CNc2ccc(C(F)(F)F)cc2)CC1. The van der Waals surface area contributed by atoms with E-state index in [-0.39, 0.29) is 0 Å². The summed E-state index contributed by atoms with van der Waals surface area (Å²) in [7, 11) is 0. The van der Waals surface area contributed by atoms with Crippen LogP contribution >= 0.6 is 0 Å². The molecule has 0 spiro atoms. The van der Waals surface area contributed by atoms with E-state index in [2.05, 4.69) is 19.2 Å². The summed E-state index contributed by atoms with van der Waals surface area (Å²) in [6.45, 7) is 5.24. The van der Waals surface area contributed by atoms with E-state index in [4.69, 9.17) is 0 Å². The van der Waals surface area contributed by atoms with Gasteiger partial charge in [-0.25, -0.2) is 0 Å². The third kappa shape index (κ3) is 2.79. The van der Waals surface area contributed by atoms with Gasteiger partial charge in [-0.15, -0.1) is 0 Å². The molecule has 0 unspecified atom stereocenters. The Balaban J connectivity index is 1.95. The maximum atomic E-state index is 12.4. The largest absolute Gasteiger partial charge is 0.416 e. The van der Waals surface area contributed by atoms with E-state index in [0.29, 0.717) is 11.3 Å². The first kappa shape index (κ1) is 13.2. The van der Waals surface area contributed by atoms with Gasteiger partial charge < -0.3 is 5.32 Å². The van der Waals surface area contributed by atoms with Crippen LogP contribution in [0.1, 0.15) is 32.3 Å². The van der Waals surface area contributed by atoms with E-state index < -0.39 is 11.7 Å². The highest BCUT2D eigenvalue weighted by molar-refractivity contribution is 5.45. The molecule has 0 aliphatic heterocycles. The zero-order chi connectivity index (χ0) is 13.4. The molecule has 1 aliphatic carbocycles. The first-order chi connectivity index (χ1) is 8.33. The van der Waals surface area contributed by atoms with Crippen molar-refractivity contribution in [3.63, 3.8) is 0 Å². The summed E-state index contributed by atoms with van der Waals surface area (Å²) in [5.74, 6) is 0.611. The monoisotopic (exact) mass is 257 g/mol. The summed E-state index contributed by atoms with van der Waals surface area (Å²) in [6.07, 6.45) is -1.84. The van der Waals surface area contributed by atoms with Gasteiger partial charge in [-0.1, -0.05) is 13.8 Å². The summed E-state index contributed by atoms with van der Waals surface area (Å²) in [5.41, 5.74) is 0.510. The van der Waals surface area contributed by atoms with Crippen LogP contribution in [0.5, 0.6) is 0 Å². The van der Waals surface area contributed by atoms with Gasteiger partial charge in [0.25, 0.3) is 0 Å². The van der Waals surface area contributed by atoms with Crippen molar-refractivity contribution < 1.29 is 13.2 Å². The number of rotatable bonds is 4. The Bertz CT molecular complexity index is 402. The second kappa shape index (κ2) is 4.48. The first-order valence-corrected chi connectivity index (χ1v) is 6.25. The van der Waals surface area contributed by atoms with Crippen LogP contribution in [0.2, 0.25) is 0 Å². The van der Waals surface area contributed by atoms with Crippen molar-refractivity contribution in [3.8, 4) is 0 Å². The lowest BCUT2D eigenvalue weighted by Crippen LogP contribution is -2.20. The molecule has 0 saturated heterocycles. The Morgan fingerprint density at radius 2 is 1.72 bits per heavy atom. The van der Waals surface area contributed by atoms with Gasteiger partial charge >= 0.3 is 6.18 Å². The second-order valence-electron chi connectivity index (χ2n) is 5.45. The van der Waals surface area contributed by atoms with E-state index >= 15 is 0 Å². The maximum absolute atomic E-state index is 12.4. The van der Waals surface area contributed by atoms with Crippen molar-refractivity contribution in [2.24, 2.45) is 11.3 Å². The average molecular weight is 257 g/mol. The summed E-state index contributed by atoms with van der Waals surface area (Å²) < 4.78 is 37.2. The van der Waals surface area contributed by atoms with E-state index in [1.165, 1.54) is 25.0 Å². The molecule has 0 radical (unpaired) electrons. The van der Waals surface area contributed by atoms with Crippen LogP contribution < -0.4 is 5.32 Å². The molecule has 0 bridgehead atoms. The second-order valence-corrected chi connectivity index (χ2v) is 5.45. The van der Waals surface area contributed by atoms with Gasteiger partial charge in [0.1, 0.15) is 0 Å². The lowest BCUT2D eigenvalue weighted by atomic mass is 9.92. The molecule has 1 N–H and O–H groups in total. The molecule has 1 aliphatic rings. The van der Waals surface area contributed by atoms with E-state index in [9.17, 15) is 13.2 Å². The highest BCUT2D eigenvalue weighted by Crippen LogP contribution is 2.51. The average Bonchev–Trinajstić information content (AvgIpc) is 3.07. The van der Waals surface area contributed by atoms with E-state index in [1.54, 1.807) is 0 Å². The van der Waals surface area contributed by atoms with Gasteiger partial charge in [0.05, 0.1) is 5.56 Å². The molecular formula is C14H18F3N. The molecule has 2 rings (SSSR count). The van der Waals surface area contributed by atoms with Crippen LogP contribution in [0, 0.1) is 11.3 Å².